The van der Waals surface area contributed by atoms with Crippen molar-refractivity contribution >= 4 is 51.7 Å². The second-order valence-electron chi connectivity index (χ2n) is 8.27. The molecule has 4 heterocycles. The Morgan fingerprint density at radius 1 is 1.43 bits per heavy atom. The van der Waals surface area contributed by atoms with Gasteiger partial charge in [0.15, 0.2) is 29.3 Å². The normalized spacial score (nSPS) is 21.3. The van der Waals surface area contributed by atoms with Gasteiger partial charge in [0.25, 0.3) is 11.8 Å². The summed E-state index contributed by atoms with van der Waals surface area (Å²) in [7, 11) is 1.29. The number of aryl methyl sites for hydroxylation is 1. The highest BCUT2D eigenvalue weighted by Crippen LogP contribution is 2.40. The van der Waals surface area contributed by atoms with E-state index in [1.807, 2.05) is 12.3 Å². The van der Waals surface area contributed by atoms with Crippen molar-refractivity contribution in [3.8, 4) is 0 Å². The number of pyridine rings is 1. The van der Waals surface area contributed by atoms with Crippen LogP contribution < -0.4 is 15.6 Å². The van der Waals surface area contributed by atoms with Crippen LogP contribution in [0, 0.1) is 0 Å². The van der Waals surface area contributed by atoms with Crippen LogP contribution >= 0.6 is 23.1 Å². The molecule has 13 heteroatoms. The van der Waals surface area contributed by atoms with Crippen LogP contribution in [0.3, 0.4) is 0 Å². The van der Waals surface area contributed by atoms with E-state index in [2.05, 4.69) is 26.1 Å². The summed E-state index contributed by atoms with van der Waals surface area (Å²) in [5, 5.41) is 17.7. The quantitative estimate of drug-likeness (QED) is 0.206. The molecule has 2 atom stereocenters. The maximum atomic E-state index is 13.0. The molecule has 2 aliphatic heterocycles. The van der Waals surface area contributed by atoms with Crippen LogP contribution in [0.15, 0.2) is 40.1 Å². The fraction of sp³-hybridized carbons (Fsp3) is 0.364. The van der Waals surface area contributed by atoms with Crippen LogP contribution in [0.1, 0.15) is 23.4 Å². The number of nitrogens with zero attached hydrogens (tertiary/aromatic N) is 4. The Morgan fingerprint density at radius 2 is 2.26 bits per heavy atom. The Morgan fingerprint density at radius 3 is 2.97 bits per heavy atom. The summed E-state index contributed by atoms with van der Waals surface area (Å²) >= 11 is 2.57. The van der Waals surface area contributed by atoms with Crippen LogP contribution in [-0.2, 0) is 38.6 Å². The third-order valence-electron chi connectivity index (χ3n) is 6.20. The van der Waals surface area contributed by atoms with Gasteiger partial charge in [-0.05, 0) is 18.9 Å². The van der Waals surface area contributed by atoms with E-state index in [1.54, 1.807) is 5.38 Å². The first-order valence-corrected chi connectivity index (χ1v) is 12.9. The number of fused-ring (bicyclic) bond motifs is 2. The number of carboxylic acids is 1. The minimum absolute atomic E-state index is 0.00888. The van der Waals surface area contributed by atoms with Gasteiger partial charge in [-0.2, -0.15) is 4.57 Å². The summed E-state index contributed by atoms with van der Waals surface area (Å²) in [5.74, 6) is -1.86. The van der Waals surface area contributed by atoms with E-state index in [1.165, 1.54) is 35.0 Å². The molecule has 2 aromatic rings. The van der Waals surface area contributed by atoms with Gasteiger partial charge in [0.2, 0.25) is 0 Å². The van der Waals surface area contributed by atoms with E-state index in [9.17, 15) is 19.5 Å². The molecule has 0 aromatic carbocycles. The third kappa shape index (κ3) is 4.14. The van der Waals surface area contributed by atoms with E-state index < -0.39 is 29.2 Å². The van der Waals surface area contributed by atoms with Crippen molar-refractivity contribution in [1.82, 2.24) is 15.2 Å². The van der Waals surface area contributed by atoms with Gasteiger partial charge >= 0.3 is 5.97 Å². The number of carbonyl (C=O) groups is 3. The maximum Gasteiger partial charge on any atom is 0.352 e. The lowest BCUT2D eigenvalue weighted by atomic mass is 10.0. The first-order valence-electron chi connectivity index (χ1n) is 10.9. The van der Waals surface area contributed by atoms with Crippen molar-refractivity contribution < 1.29 is 28.9 Å². The van der Waals surface area contributed by atoms with E-state index >= 15 is 0 Å². The number of hydrogen-bond acceptors (Lipinski definition) is 9. The molecular formula is C22H23N6O5S2+. The number of nitrogens with two attached hydrogens (primary N) is 1. The number of thioether (sulfide) groups is 1. The number of nitrogen functional groups attached to an aromatic ring is 1. The number of amides is 2. The molecule has 1 fully saturated rings. The Labute approximate surface area is 208 Å². The molecule has 1 aliphatic carbocycles. The standard InChI is InChI=1S/C22H22N6O5S2/c1-33-26-15(13-10-35-22(23)24-13)18(29)25-16-19(30)28-17(21(31)32)12(9-34-20(16)28)8-27-7-3-5-11-4-2-6-14(11)27/h3,5,7,10,16,20H,2,4,6,8-9H2,1H3,(H3-,23,24,25,29,31,32)/p+1/b26-15-/t16-,20?/m1/s1. The lowest BCUT2D eigenvalue weighted by Gasteiger charge is -2.49. The summed E-state index contributed by atoms with van der Waals surface area (Å²) in [6.07, 6.45) is 5.01. The summed E-state index contributed by atoms with van der Waals surface area (Å²) in [6, 6.07) is 3.18. The van der Waals surface area contributed by atoms with Crippen LogP contribution in [0.4, 0.5) is 5.13 Å². The van der Waals surface area contributed by atoms with E-state index in [0.717, 1.165) is 30.6 Å². The topological polar surface area (TPSA) is 151 Å². The second kappa shape index (κ2) is 9.30. The number of carboxylic acid groups (broad SMARTS) is 1. The highest BCUT2D eigenvalue weighted by Gasteiger charge is 2.55. The fourth-order valence-corrected chi connectivity index (χ4v) is 6.56. The first-order chi connectivity index (χ1) is 16.9. The van der Waals surface area contributed by atoms with Crippen molar-refractivity contribution in [3.63, 3.8) is 0 Å². The van der Waals surface area contributed by atoms with Crippen molar-refractivity contribution in [2.24, 2.45) is 5.16 Å². The second-order valence-corrected chi connectivity index (χ2v) is 10.3. The number of rotatable bonds is 7. The lowest BCUT2D eigenvalue weighted by Crippen LogP contribution is -2.71. The first kappa shape index (κ1) is 23.3. The highest BCUT2D eigenvalue weighted by atomic mass is 32.2. The zero-order valence-corrected chi connectivity index (χ0v) is 20.4. The number of anilines is 1. The molecule has 35 heavy (non-hydrogen) atoms. The lowest BCUT2D eigenvalue weighted by molar-refractivity contribution is -0.696. The van der Waals surface area contributed by atoms with E-state index in [0.29, 0.717) is 17.9 Å². The summed E-state index contributed by atoms with van der Waals surface area (Å²) < 4.78 is 2.08. The predicted molar refractivity (Wildman–Crippen MR) is 128 cm³/mol. The van der Waals surface area contributed by atoms with Gasteiger partial charge in [-0.25, -0.2) is 9.78 Å². The Hall–Kier alpha value is -3.45. The van der Waals surface area contributed by atoms with Gasteiger partial charge < -0.3 is 21.0 Å². The van der Waals surface area contributed by atoms with E-state index in [-0.39, 0.29) is 22.2 Å². The number of aliphatic carboxylic acids is 1. The van der Waals surface area contributed by atoms with Crippen molar-refractivity contribution in [3.05, 3.63) is 51.9 Å². The summed E-state index contributed by atoms with van der Waals surface area (Å²) in [6.45, 7) is 0.404. The van der Waals surface area contributed by atoms with Gasteiger partial charge in [0.1, 0.15) is 29.9 Å². The number of hydrogen-bond donors (Lipinski definition) is 3. The SMILES string of the molecule is CO/N=C(\C(=O)N[C@@H]1C(=O)N2C(C(=O)O)=C(C[n+]3cccc4c3CCC4)CSC12)c1csc(N)n1. The molecule has 0 bridgehead atoms. The molecule has 3 aliphatic rings. The molecule has 5 rings (SSSR count). The number of carbonyl (C=O) groups excluding carboxylic acids is 2. The Balaban J connectivity index is 1.36. The van der Waals surface area contributed by atoms with Crippen molar-refractivity contribution in [2.75, 3.05) is 18.6 Å². The average molecular weight is 516 g/mol. The van der Waals surface area contributed by atoms with Gasteiger partial charge in [-0.15, -0.1) is 23.1 Å². The molecule has 2 amide bonds. The molecule has 4 N–H and O–H groups in total. The van der Waals surface area contributed by atoms with Crippen molar-refractivity contribution in [1.29, 1.82) is 0 Å². The van der Waals surface area contributed by atoms with Crippen LogP contribution in [-0.4, -0.2) is 62.8 Å². The summed E-state index contributed by atoms with van der Waals surface area (Å²) in [4.78, 5) is 48.2. The molecular weight excluding hydrogens is 492 g/mol. The Bertz CT molecular complexity index is 1290. The van der Waals surface area contributed by atoms with Crippen LogP contribution in [0.5, 0.6) is 0 Å². The monoisotopic (exact) mass is 515 g/mol. The minimum atomic E-state index is -1.16. The number of nitrogens with one attached hydrogen (secondary N) is 1. The van der Waals surface area contributed by atoms with Gasteiger partial charge in [-0.1, -0.05) is 5.16 Å². The van der Waals surface area contributed by atoms with Gasteiger partial charge in [-0.3, -0.25) is 14.5 Å². The molecule has 1 saturated heterocycles. The van der Waals surface area contributed by atoms with Crippen LogP contribution in [0.25, 0.3) is 0 Å². The molecule has 0 saturated carbocycles. The van der Waals surface area contributed by atoms with E-state index in [4.69, 9.17) is 10.6 Å². The largest absolute Gasteiger partial charge is 0.477 e. The fourth-order valence-electron chi connectivity index (χ4n) is 4.67. The van der Waals surface area contributed by atoms with Crippen molar-refractivity contribution in [2.45, 2.75) is 37.2 Å². The third-order valence-corrected chi connectivity index (χ3v) is 8.21. The number of aromatic nitrogens is 2. The maximum absolute atomic E-state index is 13.0. The minimum Gasteiger partial charge on any atom is -0.477 e. The zero-order chi connectivity index (χ0) is 24.7. The Kier molecular flexibility index (Phi) is 6.19. The molecule has 2 aromatic heterocycles. The number of thiazole rings is 1. The zero-order valence-electron chi connectivity index (χ0n) is 18.8. The average Bonchev–Trinajstić information content (AvgIpc) is 3.49. The van der Waals surface area contributed by atoms with Crippen LogP contribution in [0.2, 0.25) is 0 Å². The molecule has 0 radical (unpaired) electrons. The summed E-state index contributed by atoms with van der Waals surface area (Å²) in [5.41, 5.74) is 8.92. The molecule has 182 valence electrons. The molecule has 11 nitrogen and oxygen atoms in total. The molecule has 1 unspecified atom stereocenters. The van der Waals surface area contributed by atoms with Gasteiger partial charge in [0, 0.05) is 34.8 Å². The highest BCUT2D eigenvalue weighted by molar-refractivity contribution is 8.00. The molecule has 0 spiro atoms. The van der Waals surface area contributed by atoms with Gasteiger partial charge in [0.05, 0.1) is 0 Å². The number of oxime groups is 1. The number of β-lactam (4-membered cyclic amide) rings is 1. The smallest absolute Gasteiger partial charge is 0.352 e. The predicted octanol–water partition coefficient (Wildman–Crippen LogP) is 0.291.